The van der Waals surface area contributed by atoms with Gasteiger partial charge < -0.3 is 0 Å². The van der Waals surface area contributed by atoms with Crippen molar-refractivity contribution in [3.8, 4) is 0 Å². The van der Waals surface area contributed by atoms with Gasteiger partial charge in [-0.3, -0.25) is 4.98 Å². The Morgan fingerprint density at radius 2 is 1.63 bits per heavy atom. The highest BCUT2D eigenvalue weighted by molar-refractivity contribution is 5.89. The standard InChI is InChI=1S/C15H10N4/c16-11-5-7-12(8-6-11)18-19-15-9-10-17-14-4-2-1-3-13(14)15/h1-10H. The average Bonchev–Trinajstić information content (AvgIpc) is 2.47. The van der Waals surface area contributed by atoms with Crippen LogP contribution in [0.3, 0.4) is 0 Å². The molecule has 0 N–H and O–H groups in total. The first kappa shape index (κ1) is 11.3. The molecule has 0 fully saturated rings. The van der Waals surface area contributed by atoms with E-state index in [2.05, 4.69) is 15.2 Å². The van der Waals surface area contributed by atoms with E-state index >= 15 is 0 Å². The van der Waals surface area contributed by atoms with Crippen LogP contribution in [0.25, 0.3) is 10.9 Å². The topological polar surface area (TPSA) is 59.9 Å². The summed E-state index contributed by atoms with van der Waals surface area (Å²) in [5, 5.41) is 9.36. The van der Waals surface area contributed by atoms with E-state index in [1.54, 1.807) is 30.5 Å². The van der Waals surface area contributed by atoms with Crippen molar-refractivity contribution in [3.05, 3.63) is 60.8 Å². The maximum absolute atomic E-state index is 9.20. The molecule has 0 aliphatic carbocycles. The maximum Gasteiger partial charge on any atom is 0.0966 e. The van der Waals surface area contributed by atoms with Gasteiger partial charge in [-0.05, 0) is 36.4 Å². The summed E-state index contributed by atoms with van der Waals surface area (Å²) in [6.07, 6.45) is 1.72. The van der Waals surface area contributed by atoms with Crippen LogP contribution in [0.5, 0.6) is 0 Å². The molecule has 0 saturated heterocycles. The third-order valence-corrected chi connectivity index (χ3v) is 2.75. The number of para-hydroxylation sites is 1. The molecule has 0 amide bonds. The van der Waals surface area contributed by atoms with Crippen LogP contribution in [0.2, 0.25) is 0 Å². The highest BCUT2D eigenvalue weighted by atomic mass is 15.1. The first-order valence-corrected chi connectivity index (χ1v) is 5.87. The van der Waals surface area contributed by atoms with Gasteiger partial charge in [0.2, 0.25) is 0 Å². The molecule has 0 aliphatic heterocycles. The molecule has 0 atom stereocenters. The van der Waals surface area contributed by atoms with Gasteiger partial charge in [-0.2, -0.15) is 10.8 Å². The van der Waals surface area contributed by atoms with E-state index < -0.39 is 0 Å². The Balaban J connectivity index is 1.99. The number of hydrogen-bond donors (Lipinski definition) is 0. The summed E-state index contributed by atoms with van der Waals surface area (Å²) >= 11 is 0. The van der Waals surface area contributed by atoms with E-state index in [1.165, 1.54) is 0 Å². The largest absolute Gasteiger partial charge is 0.256 e. The summed E-state index contributed by atoms with van der Waals surface area (Å²) in [6, 6.07) is 16.2. The number of pyridine rings is 1. The fourth-order valence-corrected chi connectivity index (χ4v) is 1.80. The van der Waals surface area contributed by atoms with Gasteiger partial charge in [0.05, 0.1) is 22.6 Å². The van der Waals surface area contributed by atoms with Crippen molar-refractivity contribution in [1.29, 1.82) is 0 Å². The zero-order valence-electron chi connectivity index (χ0n) is 10.1. The van der Waals surface area contributed by atoms with Gasteiger partial charge in [-0.15, -0.1) is 5.11 Å². The Kier molecular flexibility index (Phi) is 2.90. The third kappa shape index (κ3) is 2.42. The molecule has 1 aromatic heterocycles. The molecule has 0 unspecified atom stereocenters. The SMILES string of the molecule is [N]c1ccc(N=Nc2ccnc3ccccc23)cc1. The lowest BCUT2D eigenvalue weighted by Crippen LogP contribution is -1.77. The molecule has 3 rings (SSSR count). The van der Waals surface area contributed by atoms with Crippen LogP contribution in [0, 0.1) is 0 Å². The third-order valence-electron chi connectivity index (χ3n) is 2.75. The molecule has 0 aliphatic rings. The molecule has 2 radical (unpaired) electrons. The lowest BCUT2D eigenvalue weighted by molar-refractivity contribution is 1.23. The molecule has 0 bridgehead atoms. The predicted octanol–water partition coefficient (Wildman–Crippen LogP) is 4.35. The smallest absolute Gasteiger partial charge is 0.0966 e. The summed E-state index contributed by atoms with van der Waals surface area (Å²) < 4.78 is 0. The summed E-state index contributed by atoms with van der Waals surface area (Å²) in [7, 11) is 0. The van der Waals surface area contributed by atoms with Gasteiger partial charge in [-0.1, -0.05) is 18.2 Å². The van der Waals surface area contributed by atoms with Gasteiger partial charge in [0.1, 0.15) is 0 Å². The first-order valence-electron chi connectivity index (χ1n) is 5.87. The van der Waals surface area contributed by atoms with Crippen LogP contribution in [-0.4, -0.2) is 4.98 Å². The zero-order chi connectivity index (χ0) is 13.1. The average molecular weight is 246 g/mol. The predicted molar refractivity (Wildman–Crippen MR) is 74.2 cm³/mol. The van der Waals surface area contributed by atoms with E-state index in [4.69, 9.17) is 0 Å². The molecule has 0 spiro atoms. The van der Waals surface area contributed by atoms with Crippen molar-refractivity contribution in [2.75, 3.05) is 0 Å². The Morgan fingerprint density at radius 1 is 0.842 bits per heavy atom. The van der Waals surface area contributed by atoms with Gasteiger partial charge in [0.25, 0.3) is 0 Å². The minimum Gasteiger partial charge on any atom is -0.256 e. The Hall–Kier alpha value is -2.75. The summed E-state index contributed by atoms with van der Waals surface area (Å²) in [5.41, 5.74) is 11.8. The fourth-order valence-electron chi connectivity index (χ4n) is 1.80. The van der Waals surface area contributed by atoms with Crippen LogP contribution in [0.1, 0.15) is 0 Å². The van der Waals surface area contributed by atoms with Crippen molar-refractivity contribution < 1.29 is 0 Å². The Morgan fingerprint density at radius 3 is 2.47 bits per heavy atom. The van der Waals surface area contributed by atoms with Crippen LogP contribution >= 0.6 is 0 Å². The number of azo groups is 1. The van der Waals surface area contributed by atoms with Crippen molar-refractivity contribution in [1.82, 2.24) is 10.7 Å². The number of hydrogen-bond acceptors (Lipinski definition) is 3. The molecule has 1 heterocycles. The normalized spacial score (nSPS) is 11.2. The summed E-state index contributed by atoms with van der Waals surface area (Å²) in [6.45, 7) is 0. The van der Waals surface area contributed by atoms with Gasteiger partial charge in [-0.25, -0.2) is 0 Å². The van der Waals surface area contributed by atoms with Crippen molar-refractivity contribution in [2.24, 2.45) is 10.2 Å². The van der Waals surface area contributed by atoms with E-state index in [9.17, 15) is 5.73 Å². The van der Waals surface area contributed by atoms with Gasteiger partial charge in [0, 0.05) is 11.6 Å². The second-order valence-electron chi connectivity index (χ2n) is 4.06. The number of rotatable bonds is 2. The number of fused-ring (bicyclic) bond motifs is 1. The second-order valence-corrected chi connectivity index (χ2v) is 4.06. The molecule has 0 saturated carbocycles. The molecule has 3 aromatic rings. The van der Waals surface area contributed by atoms with Crippen LogP contribution in [-0.2, 0) is 0 Å². The van der Waals surface area contributed by atoms with Crippen molar-refractivity contribution in [2.45, 2.75) is 0 Å². The molecule has 4 heteroatoms. The quantitative estimate of drug-likeness (QED) is 0.620. The second kappa shape index (κ2) is 4.86. The van der Waals surface area contributed by atoms with E-state index in [-0.39, 0.29) is 5.69 Å². The number of nitrogens with zero attached hydrogens (tertiary/aromatic N) is 4. The minimum absolute atomic E-state index is 0.216. The van der Waals surface area contributed by atoms with E-state index in [1.807, 2.05) is 30.3 Å². The molecular weight excluding hydrogens is 236 g/mol. The molecular formula is C15H10N4. The van der Waals surface area contributed by atoms with E-state index in [0.717, 1.165) is 16.6 Å². The highest BCUT2D eigenvalue weighted by Crippen LogP contribution is 2.26. The molecule has 90 valence electrons. The molecule has 2 aromatic carbocycles. The number of aromatic nitrogens is 1. The van der Waals surface area contributed by atoms with Crippen molar-refractivity contribution in [3.63, 3.8) is 0 Å². The maximum atomic E-state index is 9.20. The number of benzene rings is 2. The lowest BCUT2D eigenvalue weighted by Gasteiger charge is -1.99. The lowest BCUT2D eigenvalue weighted by atomic mass is 10.2. The Labute approximate surface area is 110 Å². The van der Waals surface area contributed by atoms with Crippen LogP contribution < -0.4 is 5.73 Å². The summed E-state index contributed by atoms with van der Waals surface area (Å²) in [4.78, 5) is 4.27. The molecule has 19 heavy (non-hydrogen) atoms. The monoisotopic (exact) mass is 246 g/mol. The minimum atomic E-state index is 0.216. The van der Waals surface area contributed by atoms with E-state index in [0.29, 0.717) is 5.69 Å². The van der Waals surface area contributed by atoms with Crippen LogP contribution in [0.15, 0.2) is 71.0 Å². The van der Waals surface area contributed by atoms with Crippen molar-refractivity contribution >= 4 is 28.0 Å². The summed E-state index contributed by atoms with van der Waals surface area (Å²) in [5.74, 6) is 0. The zero-order valence-corrected chi connectivity index (χ0v) is 10.1. The first-order chi connectivity index (χ1) is 9.33. The van der Waals surface area contributed by atoms with Gasteiger partial charge in [0.15, 0.2) is 0 Å². The highest BCUT2D eigenvalue weighted by Gasteiger charge is 1.99. The van der Waals surface area contributed by atoms with Crippen LogP contribution in [0.4, 0.5) is 17.1 Å². The fraction of sp³-hybridized carbons (Fsp3) is 0. The van der Waals surface area contributed by atoms with Gasteiger partial charge >= 0.3 is 0 Å². The Bertz CT molecular complexity index is 727. The molecule has 4 nitrogen and oxygen atoms in total.